The summed E-state index contributed by atoms with van der Waals surface area (Å²) in [4.78, 5) is 0. The monoisotopic (exact) mass is 348 g/mol. The molecular weight excluding hydrogens is 324 g/mol. The van der Waals surface area contributed by atoms with Crippen LogP contribution in [0.3, 0.4) is 0 Å². The number of rotatable bonds is 4. The molecule has 0 bridgehead atoms. The molecule has 1 aromatic heterocycles. The van der Waals surface area contributed by atoms with Gasteiger partial charge in [-0.3, -0.25) is 0 Å². The smallest absolute Gasteiger partial charge is 0.174 e. The van der Waals surface area contributed by atoms with Gasteiger partial charge >= 0.3 is 0 Å². The fourth-order valence-corrected chi connectivity index (χ4v) is 3.88. The molecule has 26 heavy (non-hydrogen) atoms. The summed E-state index contributed by atoms with van der Waals surface area (Å²) in [6, 6.07) is 10.3. The van der Waals surface area contributed by atoms with Gasteiger partial charge in [0.15, 0.2) is 5.82 Å². The number of aromatic nitrogens is 3. The Kier molecular flexibility index (Phi) is 5.01. The molecule has 5 nitrogen and oxygen atoms in total. The van der Waals surface area contributed by atoms with Gasteiger partial charge in [-0.05, 0) is 50.7 Å². The normalized spacial score (nSPS) is 18.2. The van der Waals surface area contributed by atoms with E-state index in [1.54, 1.807) is 0 Å². The van der Waals surface area contributed by atoms with Crippen molar-refractivity contribution in [2.24, 2.45) is 0 Å². The van der Waals surface area contributed by atoms with Gasteiger partial charge in [0.25, 0.3) is 0 Å². The van der Waals surface area contributed by atoms with Gasteiger partial charge in [0.2, 0.25) is 0 Å². The molecule has 0 saturated heterocycles. The Labute approximate surface area is 154 Å². The minimum absolute atomic E-state index is 0.291. The fourth-order valence-electron chi connectivity index (χ4n) is 3.88. The zero-order valence-electron chi connectivity index (χ0n) is 15.0. The van der Waals surface area contributed by atoms with E-state index >= 15 is 0 Å². The van der Waals surface area contributed by atoms with Crippen molar-refractivity contribution in [3.05, 3.63) is 41.5 Å². The highest BCUT2D eigenvalue weighted by Crippen LogP contribution is 2.29. The minimum Gasteiger partial charge on any atom is -0.490 e. The highest BCUT2D eigenvalue weighted by atomic mass is 16.5. The predicted molar refractivity (Wildman–Crippen MR) is 100 cm³/mol. The summed E-state index contributed by atoms with van der Waals surface area (Å²) in [5.41, 5.74) is 1.48. The molecule has 2 aliphatic rings. The van der Waals surface area contributed by atoms with Gasteiger partial charge in [-0.15, -0.1) is 10.2 Å². The number of hydrogen-bond acceptors (Lipinski definition) is 4. The van der Waals surface area contributed by atoms with Crippen LogP contribution in [-0.4, -0.2) is 20.9 Å². The van der Waals surface area contributed by atoms with Crippen LogP contribution < -0.4 is 4.74 Å². The maximum Gasteiger partial charge on any atom is 0.174 e. The largest absolute Gasteiger partial charge is 0.490 e. The molecule has 0 unspecified atom stereocenters. The van der Waals surface area contributed by atoms with Gasteiger partial charge in [0.1, 0.15) is 17.6 Å². The quantitative estimate of drug-likeness (QED) is 0.769. The third-order valence-electron chi connectivity index (χ3n) is 5.29. The third-order valence-corrected chi connectivity index (χ3v) is 5.29. The predicted octanol–water partition coefficient (Wildman–Crippen LogP) is 4.39. The maximum absolute atomic E-state index is 9.77. The Morgan fingerprint density at radius 1 is 1.12 bits per heavy atom. The molecular formula is C21H24N4O. The van der Waals surface area contributed by atoms with E-state index in [0.29, 0.717) is 17.5 Å². The van der Waals surface area contributed by atoms with E-state index in [1.807, 2.05) is 30.3 Å². The van der Waals surface area contributed by atoms with E-state index in [4.69, 9.17) is 4.74 Å². The van der Waals surface area contributed by atoms with Gasteiger partial charge in [0.05, 0.1) is 11.7 Å². The van der Waals surface area contributed by atoms with Crippen molar-refractivity contribution in [3.63, 3.8) is 0 Å². The van der Waals surface area contributed by atoms with Crippen molar-refractivity contribution in [1.29, 1.82) is 5.26 Å². The molecule has 5 heteroatoms. The average molecular weight is 348 g/mol. The van der Waals surface area contributed by atoms with E-state index in [-0.39, 0.29) is 0 Å². The Morgan fingerprint density at radius 3 is 2.81 bits per heavy atom. The minimum atomic E-state index is 0.291. The molecule has 1 aromatic carbocycles. The number of nitrogens with zero attached hydrogens (tertiary/aromatic N) is 4. The lowest BCUT2D eigenvalue weighted by Gasteiger charge is -2.15. The summed E-state index contributed by atoms with van der Waals surface area (Å²) in [6.07, 6.45) is 11.3. The Bertz CT molecular complexity index is 840. The van der Waals surface area contributed by atoms with Gasteiger partial charge in [0, 0.05) is 18.5 Å². The number of allylic oxidation sites excluding steroid dienone is 1. The molecule has 0 radical (unpaired) electrons. The lowest BCUT2D eigenvalue weighted by atomic mass is 10.1. The Hall–Kier alpha value is -2.61. The summed E-state index contributed by atoms with van der Waals surface area (Å²) < 4.78 is 8.32. The van der Waals surface area contributed by atoms with E-state index in [1.165, 1.54) is 19.3 Å². The fraction of sp³-hybridized carbons (Fsp3) is 0.476. The number of benzene rings is 1. The van der Waals surface area contributed by atoms with Crippen LogP contribution in [0.4, 0.5) is 0 Å². The number of ether oxygens (including phenoxy) is 1. The van der Waals surface area contributed by atoms with Crippen molar-refractivity contribution in [2.75, 3.05) is 0 Å². The molecule has 1 saturated carbocycles. The highest BCUT2D eigenvalue weighted by molar-refractivity contribution is 5.88. The zero-order chi connectivity index (χ0) is 17.8. The van der Waals surface area contributed by atoms with Gasteiger partial charge < -0.3 is 9.30 Å². The van der Waals surface area contributed by atoms with E-state index in [2.05, 4.69) is 20.8 Å². The van der Waals surface area contributed by atoms with E-state index in [0.717, 1.165) is 55.8 Å². The number of aryl methyl sites for hydroxylation is 1. The molecule has 2 aromatic rings. The van der Waals surface area contributed by atoms with Crippen molar-refractivity contribution < 1.29 is 4.74 Å². The van der Waals surface area contributed by atoms with Crippen LogP contribution in [0.5, 0.6) is 5.75 Å². The van der Waals surface area contributed by atoms with Crippen LogP contribution in [0.15, 0.2) is 24.3 Å². The molecule has 134 valence electrons. The second-order valence-electron chi connectivity index (χ2n) is 7.13. The van der Waals surface area contributed by atoms with Crippen LogP contribution in [0, 0.1) is 11.3 Å². The number of hydrogen-bond donors (Lipinski definition) is 0. The Balaban J connectivity index is 1.66. The van der Waals surface area contributed by atoms with Crippen LogP contribution >= 0.6 is 0 Å². The molecule has 2 heterocycles. The van der Waals surface area contributed by atoms with Crippen molar-refractivity contribution in [1.82, 2.24) is 14.8 Å². The molecule has 1 aliphatic heterocycles. The van der Waals surface area contributed by atoms with Gasteiger partial charge in [-0.2, -0.15) is 5.26 Å². The van der Waals surface area contributed by atoms with Crippen LogP contribution in [0.1, 0.15) is 62.2 Å². The van der Waals surface area contributed by atoms with Crippen molar-refractivity contribution >= 4 is 11.6 Å². The molecule has 4 rings (SSSR count). The first-order chi connectivity index (χ1) is 12.8. The third kappa shape index (κ3) is 3.50. The average Bonchev–Trinajstić information content (AvgIpc) is 3.26. The standard InChI is InChI=1S/C21H24N4O/c22-15-17(21-24-23-20-12-2-1-7-13-25(20)21)14-16-8-3-6-11-19(16)26-18-9-4-5-10-18/h3,6,8,11,14,18H,1-2,4-5,7,9-10,12-13H2/b17-14-. The molecule has 0 amide bonds. The summed E-state index contributed by atoms with van der Waals surface area (Å²) in [6.45, 7) is 0.886. The van der Waals surface area contributed by atoms with Crippen molar-refractivity contribution in [2.45, 2.75) is 64.0 Å². The van der Waals surface area contributed by atoms with Gasteiger partial charge in [-0.25, -0.2) is 0 Å². The summed E-state index contributed by atoms with van der Waals surface area (Å²) in [5, 5.41) is 18.4. The first kappa shape index (κ1) is 16.8. The highest BCUT2D eigenvalue weighted by Gasteiger charge is 2.20. The van der Waals surface area contributed by atoms with Crippen molar-refractivity contribution in [3.8, 4) is 11.8 Å². The summed E-state index contributed by atoms with van der Waals surface area (Å²) in [5.74, 6) is 2.52. The first-order valence-electron chi connectivity index (χ1n) is 9.65. The maximum atomic E-state index is 9.77. The molecule has 0 spiro atoms. The number of fused-ring (bicyclic) bond motifs is 1. The van der Waals surface area contributed by atoms with Crippen LogP contribution in [0.25, 0.3) is 11.6 Å². The summed E-state index contributed by atoms with van der Waals surface area (Å²) >= 11 is 0. The lowest BCUT2D eigenvalue weighted by Crippen LogP contribution is -2.11. The zero-order valence-corrected chi connectivity index (χ0v) is 15.0. The van der Waals surface area contributed by atoms with Gasteiger partial charge in [-0.1, -0.05) is 24.6 Å². The number of nitriles is 1. The SMILES string of the molecule is N#C/C(=C/c1ccccc1OC1CCCC1)c1nnc2n1CCCCC2. The lowest BCUT2D eigenvalue weighted by molar-refractivity contribution is 0.209. The molecule has 1 fully saturated rings. The first-order valence-corrected chi connectivity index (χ1v) is 9.65. The van der Waals surface area contributed by atoms with Crippen LogP contribution in [0.2, 0.25) is 0 Å². The second-order valence-corrected chi connectivity index (χ2v) is 7.13. The number of para-hydroxylation sites is 1. The second kappa shape index (κ2) is 7.74. The molecule has 1 aliphatic carbocycles. The van der Waals surface area contributed by atoms with E-state index in [9.17, 15) is 5.26 Å². The molecule has 0 atom stereocenters. The Morgan fingerprint density at radius 2 is 1.96 bits per heavy atom. The van der Waals surface area contributed by atoms with E-state index < -0.39 is 0 Å². The van der Waals surface area contributed by atoms with Crippen LogP contribution in [-0.2, 0) is 13.0 Å². The molecule has 0 N–H and O–H groups in total. The topological polar surface area (TPSA) is 63.7 Å². The summed E-state index contributed by atoms with van der Waals surface area (Å²) in [7, 11) is 0.